The SMILES string of the molecule is Cc1c(N(Cc2ccc(F)c(I)n2)S(=O)(=O)c2ccccc2)ncc2ccccc12. The van der Waals surface area contributed by atoms with Gasteiger partial charge in [0.2, 0.25) is 0 Å². The molecular weight excluding hydrogens is 516 g/mol. The minimum absolute atomic E-state index is 0.0698. The van der Waals surface area contributed by atoms with E-state index in [0.717, 1.165) is 16.3 Å². The van der Waals surface area contributed by atoms with Crippen LogP contribution in [0.1, 0.15) is 11.3 Å². The van der Waals surface area contributed by atoms with Crippen molar-refractivity contribution in [3.63, 3.8) is 0 Å². The van der Waals surface area contributed by atoms with Gasteiger partial charge >= 0.3 is 0 Å². The summed E-state index contributed by atoms with van der Waals surface area (Å²) in [5, 5.41) is 1.84. The Bertz CT molecular complexity index is 1330. The fraction of sp³-hybridized carbons (Fsp3) is 0.0909. The molecular formula is C22H17FIN3O2S. The lowest BCUT2D eigenvalue weighted by atomic mass is 10.1. The van der Waals surface area contributed by atoms with Crippen LogP contribution in [0.2, 0.25) is 0 Å². The zero-order chi connectivity index (χ0) is 21.3. The third-order valence-corrected chi connectivity index (χ3v) is 7.27. The largest absolute Gasteiger partial charge is 0.265 e. The normalized spacial score (nSPS) is 11.6. The van der Waals surface area contributed by atoms with Crippen molar-refractivity contribution in [1.82, 2.24) is 9.97 Å². The Hall–Kier alpha value is -2.59. The predicted octanol–water partition coefficient (Wildman–Crippen LogP) is 5.08. The predicted molar refractivity (Wildman–Crippen MR) is 123 cm³/mol. The van der Waals surface area contributed by atoms with Crippen molar-refractivity contribution in [3.8, 4) is 0 Å². The third kappa shape index (κ3) is 3.89. The lowest BCUT2D eigenvalue weighted by molar-refractivity contribution is 0.588. The number of fused-ring (bicyclic) bond motifs is 1. The summed E-state index contributed by atoms with van der Waals surface area (Å²) in [5.74, 6) is -0.129. The topological polar surface area (TPSA) is 63.2 Å². The zero-order valence-electron chi connectivity index (χ0n) is 16.0. The van der Waals surface area contributed by atoms with Gasteiger partial charge in [-0.25, -0.2) is 27.1 Å². The Morgan fingerprint density at radius 1 is 1.00 bits per heavy atom. The monoisotopic (exact) mass is 533 g/mol. The van der Waals surface area contributed by atoms with E-state index in [1.807, 2.05) is 31.2 Å². The first-order valence-corrected chi connectivity index (χ1v) is 11.6. The lowest BCUT2D eigenvalue weighted by Crippen LogP contribution is -2.32. The summed E-state index contributed by atoms with van der Waals surface area (Å²) in [7, 11) is -3.93. The summed E-state index contributed by atoms with van der Waals surface area (Å²) in [5.41, 5.74) is 1.17. The van der Waals surface area contributed by atoms with Crippen LogP contribution in [-0.4, -0.2) is 18.4 Å². The molecule has 2 aromatic carbocycles. The van der Waals surface area contributed by atoms with Crippen LogP contribution in [0, 0.1) is 16.4 Å². The van der Waals surface area contributed by atoms with Gasteiger partial charge in [-0.2, -0.15) is 0 Å². The van der Waals surface area contributed by atoms with Crippen LogP contribution in [0.15, 0.2) is 77.8 Å². The van der Waals surface area contributed by atoms with Gasteiger partial charge in [-0.3, -0.25) is 0 Å². The molecule has 0 fully saturated rings. The second kappa shape index (κ2) is 8.27. The molecule has 0 unspecified atom stereocenters. The second-order valence-electron chi connectivity index (χ2n) is 6.69. The van der Waals surface area contributed by atoms with Crippen LogP contribution in [0.4, 0.5) is 10.2 Å². The number of benzene rings is 2. The Labute approximate surface area is 187 Å². The van der Waals surface area contributed by atoms with E-state index in [2.05, 4.69) is 9.97 Å². The van der Waals surface area contributed by atoms with Crippen LogP contribution in [0.25, 0.3) is 10.8 Å². The van der Waals surface area contributed by atoms with E-state index in [9.17, 15) is 12.8 Å². The molecule has 0 saturated carbocycles. The number of rotatable bonds is 5. The number of anilines is 1. The minimum Gasteiger partial charge on any atom is -0.243 e. The van der Waals surface area contributed by atoms with Crippen LogP contribution in [0.3, 0.4) is 0 Å². The molecule has 4 aromatic rings. The molecule has 5 nitrogen and oxygen atoms in total. The molecule has 0 aliphatic carbocycles. The highest BCUT2D eigenvalue weighted by atomic mass is 127. The molecule has 8 heteroatoms. The third-order valence-electron chi connectivity index (χ3n) is 4.76. The number of aromatic nitrogens is 2. The van der Waals surface area contributed by atoms with Gasteiger partial charge < -0.3 is 0 Å². The fourth-order valence-electron chi connectivity index (χ4n) is 3.23. The summed E-state index contributed by atoms with van der Waals surface area (Å²) >= 11 is 1.79. The average Bonchev–Trinajstić information content (AvgIpc) is 2.76. The molecule has 0 atom stereocenters. The van der Waals surface area contributed by atoms with Crippen molar-refractivity contribution in [2.24, 2.45) is 0 Å². The fourth-order valence-corrected chi connectivity index (χ4v) is 5.19. The molecule has 2 heterocycles. The van der Waals surface area contributed by atoms with E-state index in [1.54, 1.807) is 59.1 Å². The second-order valence-corrected chi connectivity index (χ2v) is 9.58. The number of halogens is 2. The van der Waals surface area contributed by atoms with Gasteiger partial charge in [-0.15, -0.1) is 0 Å². The smallest absolute Gasteiger partial charge is 0.243 e. The van der Waals surface area contributed by atoms with Crippen LogP contribution >= 0.6 is 22.6 Å². The maximum atomic E-state index is 13.7. The molecule has 0 aliphatic rings. The van der Waals surface area contributed by atoms with E-state index >= 15 is 0 Å². The zero-order valence-corrected chi connectivity index (χ0v) is 18.9. The Kier molecular flexibility index (Phi) is 5.70. The molecule has 0 saturated heterocycles. The molecule has 0 radical (unpaired) electrons. The molecule has 0 spiro atoms. The van der Waals surface area contributed by atoms with Crippen molar-refractivity contribution in [2.45, 2.75) is 18.4 Å². The minimum atomic E-state index is -3.93. The number of nitrogens with zero attached hydrogens (tertiary/aromatic N) is 3. The molecule has 0 amide bonds. The van der Waals surface area contributed by atoms with Crippen LogP contribution in [-0.2, 0) is 16.6 Å². The molecule has 2 aromatic heterocycles. The summed E-state index contributed by atoms with van der Waals surface area (Å²) in [6.07, 6.45) is 1.66. The van der Waals surface area contributed by atoms with E-state index in [-0.39, 0.29) is 15.1 Å². The van der Waals surface area contributed by atoms with Crippen molar-refractivity contribution < 1.29 is 12.8 Å². The van der Waals surface area contributed by atoms with Crippen molar-refractivity contribution in [2.75, 3.05) is 4.31 Å². The number of aryl methyl sites for hydroxylation is 1. The molecule has 0 aliphatic heterocycles. The van der Waals surface area contributed by atoms with Crippen molar-refractivity contribution >= 4 is 49.2 Å². The number of hydrogen-bond acceptors (Lipinski definition) is 4. The van der Waals surface area contributed by atoms with Gasteiger partial charge in [0, 0.05) is 17.1 Å². The maximum absolute atomic E-state index is 13.7. The Morgan fingerprint density at radius 2 is 1.70 bits per heavy atom. The lowest BCUT2D eigenvalue weighted by Gasteiger charge is -2.25. The van der Waals surface area contributed by atoms with E-state index in [4.69, 9.17) is 0 Å². The summed E-state index contributed by atoms with van der Waals surface area (Å²) < 4.78 is 42.2. The van der Waals surface area contributed by atoms with Crippen LogP contribution < -0.4 is 4.31 Å². The molecule has 152 valence electrons. The summed E-state index contributed by atoms with van der Waals surface area (Å²) in [6, 6.07) is 18.6. The quantitative estimate of drug-likeness (QED) is 0.265. The first-order valence-electron chi connectivity index (χ1n) is 9.11. The van der Waals surface area contributed by atoms with Gasteiger partial charge in [0.15, 0.2) is 5.82 Å². The number of hydrogen-bond donors (Lipinski definition) is 0. The van der Waals surface area contributed by atoms with E-state index in [0.29, 0.717) is 11.5 Å². The molecule has 4 rings (SSSR count). The first kappa shape index (κ1) is 20.7. The highest BCUT2D eigenvalue weighted by Gasteiger charge is 2.28. The van der Waals surface area contributed by atoms with Crippen molar-refractivity contribution in [1.29, 1.82) is 0 Å². The Morgan fingerprint density at radius 3 is 2.43 bits per heavy atom. The average molecular weight is 533 g/mol. The van der Waals surface area contributed by atoms with Gasteiger partial charge in [-0.05, 0) is 59.2 Å². The Balaban J connectivity index is 1.90. The van der Waals surface area contributed by atoms with Gasteiger partial charge in [0.25, 0.3) is 10.0 Å². The maximum Gasteiger partial charge on any atom is 0.265 e. The number of pyridine rings is 2. The molecule has 30 heavy (non-hydrogen) atoms. The van der Waals surface area contributed by atoms with E-state index < -0.39 is 15.8 Å². The summed E-state index contributed by atoms with van der Waals surface area (Å²) in [4.78, 5) is 8.84. The molecule has 0 bridgehead atoms. The van der Waals surface area contributed by atoms with E-state index in [1.165, 1.54) is 16.4 Å². The van der Waals surface area contributed by atoms with Gasteiger partial charge in [-0.1, -0.05) is 42.5 Å². The standard InChI is InChI=1S/C22H17FIN3O2S/c1-15-19-10-6-5-7-16(19)13-25-22(15)27(14-17-11-12-20(23)21(24)26-17)30(28,29)18-8-3-2-4-9-18/h2-13H,14H2,1H3. The highest BCUT2D eigenvalue weighted by molar-refractivity contribution is 14.1. The van der Waals surface area contributed by atoms with Gasteiger partial charge in [0.1, 0.15) is 9.52 Å². The molecule has 0 N–H and O–H groups in total. The van der Waals surface area contributed by atoms with Crippen LogP contribution in [0.5, 0.6) is 0 Å². The number of sulfonamides is 1. The van der Waals surface area contributed by atoms with Gasteiger partial charge in [0.05, 0.1) is 17.1 Å². The summed E-state index contributed by atoms with van der Waals surface area (Å²) in [6.45, 7) is 1.78. The highest BCUT2D eigenvalue weighted by Crippen LogP contribution is 2.31. The first-order chi connectivity index (χ1) is 14.4. The van der Waals surface area contributed by atoms with Crippen molar-refractivity contribution in [3.05, 3.63) is 93.7 Å².